The van der Waals surface area contributed by atoms with Crippen LogP contribution in [0.3, 0.4) is 0 Å². The van der Waals surface area contributed by atoms with Gasteiger partial charge in [0, 0.05) is 0 Å². The molecular formula is C17H16Cl3NO2. The molecule has 1 amide bonds. The van der Waals surface area contributed by atoms with Gasteiger partial charge < -0.3 is 10.1 Å². The zero-order chi connectivity index (χ0) is 17.0. The Hall–Kier alpha value is -1.42. The molecule has 0 radical (unpaired) electrons. The van der Waals surface area contributed by atoms with Gasteiger partial charge in [-0.15, -0.1) is 0 Å². The van der Waals surface area contributed by atoms with E-state index >= 15 is 0 Å². The summed E-state index contributed by atoms with van der Waals surface area (Å²) in [6.07, 6.45) is 0.264. The first kappa shape index (κ1) is 17.9. The highest BCUT2D eigenvalue weighted by atomic mass is 35.5. The first-order chi connectivity index (χ1) is 10.9. The van der Waals surface area contributed by atoms with Crippen LogP contribution in [0.5, 0.6) is 5.75 Å². The standard InChI is InChI=1S/C17H16Cl3NO2/c1-3-11-4-6-12(7-5-11)23-10(2)17(22)21-16-9-14(19)13(18)8-15(16)20/h4-10H,3H2,1-2H3,(H,21,22)/t10-/m1/s1. The molecule has 1 N–H and O–H groups in total. The lowest BCUT2D eigenvalue weighted by Gasteiger charge is -2.16. The van der Waals surface area contributed by atoms with Crippen molar-refractivity contribution in [2.45, 2.75) is 26.4 Å². The van der Waals surface area contributed by atoms with Crippen LogP contribution in [0.15, 0.2) is 36.4 Å². The van der Waals surface area contributed by atoms with E-state index < -0.39 is 6.10 Å². The number of hydrogen-bond acceptors (Lipinski definition) is 2. The number of carbonyl (C=O) groups is 1. The van der Waals surface area contributed by atoms with Gasteiger partial charge in [-0.1, -0.05) is 53.9 Å². The van der Waals surface area contributed by atoms with Crippen LogP contribution in [0.1, 0.15) is 19.4 Å². The van der Waals surface area contributed by atoms with Gasteiger partial charge in [0.05, 0.1) is 20.8 Å². The fourth-order valence-electron chi connectivity index (χ4n) is 1.91. The normalized spacial score (nSPS) is 11.9. The smallest absolute Gasteiger partial charge is 0.265 e. The van der Waals surface area contributed by atoms with E-state index in [-0.39, 0.29) is 5.91 Å². The second-order valence-electron chi connectivity index (χ2n) is 4.99. The Kier molecular flexibility index (Phi) is 6.17. The van der Waals surface area contributed by atoms with Crippen LogP contribution in [0.25, 0.3) is 0 Å². The number of halogens is 3. The van der Waals surface area contributed by atoms with Crippen molar-refractivity contribution in [2.24, 2.45) is 0 Å². The van der Waals surface area contributed by atoms with Crippen molar-refractivity contribution in [3.63, 3.8) is 0 Å². The Labute approximate surface area is 150 Å². The lowest BCUT2D eigenvalue weighted by atomic mass is 10.2. The molecule has 3 nitrogen and oxygen atoms in total. The Morgan fingerprint density at radius 3 is 2.30 bits per heavy atom. The molecule has 0 spiro atoms. The molecule has 0 saturated heterocycles. The molecule has 0 bridgehead atoms. The van der Waals surface area contributed by atoms with Gasteiger partial charge in [0.2, 0.25) is 0 Å². The van der Waals surface area contributed by atoms with Gasteiger partial charge in [-0.3, -0.25) is 4.79 Å². The Morgan fingerprint density at radius 2 is 1.70 bits per heavy atom. The maximum atomic E-state index is 12.2. The summed E-state index contributed by atoms with van der Waals surface area (Å²) in [4.78, 5) is 12.2. The van der Waals surface area contributed by atoms with E-state index in [2.05, 4.69) is 12.2 Å². The van der Waals surface area contributed by atoms with Crippen LogP contribution in [-0.4, -0.2) is 12.0 Å². The third kappa shape index (κ3) is 4.77. The van der Waals surface area contributed by atoms with E-state index in [1.54, 1.807) is 6.92 Å². The van der Waals surface area contributed by atoms with Gasteiger partial charge in [-0.2, -0.15) is 0 Å². The molecule has 2 aromatic carbocycles. The summed E-state index contributed by atoms with van der Waals surface area (Å²) in [5, 5.41) is 3.64. The number of rotatable bonds is 5. The number of nitrogens with one attached hydrogen (secondary N) is 1. The second kappa shape index (κ2) is 7.91. The van der Waals surface area contributed by atoms with Gasteiger partial charge in [0.25, 0.3) is 5.91 Å². The Bertz CT molecular complexity index is 702. The van der Waals surface area contributed by atoms with Crippen molar-refractivity contribution in [3.05, 3.63) is 57.0 Å². The summed E-state index contributed by atoms with van der Waals surface area (Å²) in [5.74, 6) is 0.301. The van der Waals surface area contributed by atoms with Crippen molar-refractivity contribution in [1.82, 2.24) is 0 Å². The fourth-order valence-corrected chi connectivity index (χ4v) is 2.51. The highest BCUT2D eigenvalue weighted by Crippen LogP contribution is 2.32. The van der Waals surface area contributed by atoms with Crippen molar-refractivity contribution in [1.29, 1.82) is 0 Å². The summed E-state index contributed by atoms with van der Waals surface area (Å²) in [5.41, 5.74) is 1.60. The van der Waals surface area contributed by atoms with Gasteiger partial charge in [0.1, 0.15) is 5.75 Å². The van der Waals surface area contributed by atoms with Crippen LogP contribution in [0.2, 0.25) is 15.1 Å². The molecule has 2 aromatic rings. The zero-order valence-corrected chi connectivity index (χ0v) is 15.0. The Balaban J connectivity index is 2.03. The molecule has 0 saturated carbocycles. The Morgan fingerprint density at radius 1 is 1.09 bits per heavy atom. The van der Waals surface area contributed by atoms with Crippen molar-refractivity contribution in [2.75, 3.05) is 5.32 Å². The highest BCUT2D eigenvalue weighted by Gasteiger charge is 2.17. The van der Waals surface area contributed by atoms with E-state index in [0.29, 0.717) is 26.5 Å². The topological polar surface area (TPSA) is 38.3 Å². The molecule has 0 unspecified atom stereocenters. The molecule has 122 valence electrons. The number of carbonyl (C=O) groups excluding carboxylic acids is 1. The van der Waals surface area contributed by atoms with E-state index in [4.69, 9.17) is 39.5 Å². The number of benzene rings is 2. The van der Waals surface area contributed by atoms with Crippen molar-refractivity contribution < 1.29 is 9.53 Å². The third-order valence-corrected chi connectivity index (χ3v) is 4.32. The molecule has 1 atom stereocenters. The lowest BCUT2D eigenvalue weighted by molar-refractivity contribution is -0.122. The largest absolute Gasteiger partial charge is 0.481 e. The van der Waals surface area contributed by atoms with Gasteiger partial charge in [0.15, 0.2) is 6.10 Å². The average Bonchev–Trinajstić information content (AvgIpc) is 2.53. The summed E-state index contributed by atoms with van der Waals surface area (Å²) >= 11 is 17.8. The van der Waals surface area contributed by atoms with Crippen LogP contribution >= 0.6 is 34.8 Å². The maximum absolute atomic E-state index is 12.2. The van der Waals surface area contributed by atoms with Gasteiger partial charge in [-0.25, -0.2) is 0 Å². The number of ether oxygens (including phenoxy) is 1. The van der Waals surface area contributed by atoms with E-state index in [9.17, 15) is 4.79 Å². The number of hydrogen-bond donors (Lipinski definition) is 1. The SMILES string of the molecule is CCc1ccc(O[C@H](C)C(=O)Nc2cc(Cl)c(Cl)cc2Cl)cc1. The van der Waals surface area contributed by atoms with Gasteiger partial charge >= 0.3 is 0 Å². The predicted molar refractivity (Wildman–Crippen MR) is 96.0 cm³/mol. The quantitative estimate of drug-likeness (QED) is 0.692. The molecule has 2 rings (SSSR count). The first-order valence-electron chi connectivity index (χ1n) is 7.11. The molecule has 0 heterocycles. The number of amides is 1. The monoisotopic (exact) mass is 371 g/mol. The van der Waals surface area contributed by atoms with Gasteiger partial charge in [-0.05, 0) is 43.2 Å². The van der Waals surface area contributed by atoms with E-state index in [1.807, 2.05) is 24.3 Å². The van der Waals surface area contributed by atoms with E-state index in [1.165, 1.54) is 17.7 Å². The zero-order valence-electron chi connectivity index (χ0n) is 12.7. The minimum atomic E-state index is -0.687. The van der Waals surface area contributed by atoms with E-state index in [0.717, 1.165) is 6.42 Å². The number of aryl methyl sites for hydroxylation is 1. The summed E-state index contributed by atoms with van der Waals surface area (Å²) in [6.45, 7) is 3.74. The number of anilines is 1. The highest BCUT2D eigenvalue weighted by molar-refractivity contribution is 6.44. The van der Waals surface area contributed by atoms with Crippen LogP contribution in [0, 0.1) is 0 Å². The molecule has 0 fully saturated rings. The van der Waals surface area contributed by atoms with Crippen LogP contribution in [0.4, 0.5) is 5.69 Å². The maximum Gasteiger partial charge on any atom is 0.265 e. The van der Waals surface area contributed by atoms with Crippen LogP contribution in [-0.2, 0) is 11.2 Å². The average molecular weight is 373 g/mol. The molecule has 23 heavy (non-hydrogen) atoms. The lowest BCUT2D eigenvalue weighted by Crippen LogP contribution is -2.30. The van der Waals surface area contributed by atoms with Crippen molar-refractivity contribution in [3.8, 4) is 5.75 Å². The minimum absolute atomic E-state index is 0.312. The second-order valence-corrected chi connectivity index (χ2v) is 6.21. The minimum Gasteiger partial charge on any atom is -0.481 e. The van der Waals surface area contributed by atoms with Crippen LogP contribution < -0.4 is 10.1 Å². The fraction of sp³-hybridized carbons (Fsp3) is 0.235. The third-order valence-electron chi connectivity index (χ3n) is 3.28. The molecule has 0 aromatic heterocycles. The summed E-state index contributed by atoms with van der Waals surface area (Å²) in [7, 11) is 0. The summed E-state index contributed by atoms with van der Waals surface area (Å²) in [6, 6.07) is 10.6. The molecule has 0 aliphatic heterocycles. The molecule has 0 aliphatic carbocycles. The first-order valence-corrected chi connectivity index (χ1v) is 8.25. The molecular weight excluding hydrogens is 357 g/mol. The molecule has 6 heteroatoms. The molecule has 0 aliphatic rings. The summed E-state index contributed by atoms with van der Waals surface area (Å²) < 4.78 is 5.63. The predicted octanol–water partition coefficient (Wildman–Crippen LogP) is 5.62. The van der Waals surface area contributed by atoms with Crippen molar-refractivity contribution >= 4 is 46.4 Å².